The van der Waals surface area contributed by atoms with E-state index in [0.717, 1.165) is 25.2 Å². The summed E-state index contributed by atoms with van der Waals surface area (Å²) in [5.74, 6) is 0.457. The summed E-state index contributed by atoms with van der Waals surface area (Å²) >= 11 is 0. The number of furan rings is 1. The Bertz CT molecular complexity index is 1510. The third-order valence-electron chi connectivity index (χ3n) is 7.66. The third kappa shape index (κ3) is 4.22. The van der Waals surface area contributed by atoms with Gasteiger partial charge >= 0.3 is 0 Å². The molecule has 0 atom stereocenters. The Kier molecular flexibility index (Phi) is 5.66. The molecule has 3 aliphatic carbocycles. The summed E-state index contributed by atoms with van der Waals surface area (Å²) in [6.45, 7) is 0. The molecule has 0 saturated heterocycles. The normalized spacial score (nSPS) is 19.9. The summed E-state index contributed by atoms with van der Waals surface area (Å²) in [4.78, 5) is 25.1. The zero-order valence-electron chi connectivity index (χ0n) is 19.9. The van der Waals surface area contributed by atoms with Crippen LogP contribution in [0.25, 0.3) is 33.4 Å². The van der Waals surface area contributed by atoms with Crippen LogP contribution in [-0.4, -0.2) is 24.2 Å². The maximum Gasteiger partial charge on any atom is 0.251 e. The Morgan fingerprint density at radius 1 is 1.05 bits per heavy atom. The Labute approximate surface area is 211 Å². The number of nitrogens with one attached hydrogen (secondary N) is 1. The van der Waals surface area contributed by atoms with Gasteiger partial charge in [0.05, 0.1) is 5.56 Å². The van der Waals surface area contributed by atoms with Crippen LogP contribution in [0.4, 0.5) is 13.2 Å². The fraction of sp³-hybridized carbons (Fsp3) is 0.267. The molecule has 7 rings (SSSR count). The number of fused-ring (bicyclic) bond motifs is 1. The molecule has 0 unspecified atom stereocenters. The molecule has 1 heterocycles. The SMILES string of the molecule is O=Cc1c(-c2ccc(F)cc2)oc2cc(CCC(F)F)c(-c3cccc(C(=O)NC45CC(C4)C5)c3)cc12. The van der Waals surface area contributed by atoms with Gasteiger partial charge in [-0.25, -0.2) is 13.2 Å². The first kappa shape index (κ1) is 23.5. The molecule has 1 amide bonds. The lowest BCUT2D eigenvalue weighted by atomic mass is 9.50. The smallest absolute Gasteiger partial charge is 0.251 e. The van der Waals surface area contributed by atoms with Gasteiger partial charge in [0.1, 0.15) is 17.2 Å². The van der Waals surface area contributed by atoms with Crippen LogP contribution in [0.3, 0.4) is 0 Å². The first-order chi connectivity index (χ1) is 17.8. The van der Waals surface area contributed by atoms with Crippen molar-refractivity contribution in [2.45, 2.75) is 44.1 Å². The molecule has 3 aromatic carbocycles. The number of rotatable bonds is 8. The van der Waals surface area contributed by atoms with Gasteiger partial charge in [-0.1, -0.05) is 12.1 Å². The molecule has 0 spiro atoms. The lowest BCUT2D eigenvalue weighted by Crippen LogP contribution is -2.68. The van der Waals surface area contributed by atoms with Crippen molar-refractivity contribution in [1.82, 2.24) is 5.32 Å². The van der Waals surface area contributed by atoms with Crippen molar-refractivity contribution in [2.24, 2.45) is 5.92 Å². The molecule has 1 N–H and O–H groups in total. The molecular weight excluding hydrogens is 479 g/mol. The molecule has 4 nitrogen and oxygen atoms in total. The minimum absolute atomic E-state index is 0.0640. The monoisotopic (exact) mass is 503 g/mol. The van der Waals surface area contributed by atoms with Gasteiger partial charge in [-0.3, -0.25) is 9.59 Å². The van der Waals surface area contributed by atoms with E-state index >= 15 is 0 Å². The molecule has 37 heavy (non-hydrogen) atoms. The number of benzene rings is 3. The number of aryl methyl sites for hydroxylation is 1. The predicted molar refractivity (Wildman–Crippen MR) is 134 cm³/mol. The van der Waals surface area contributed by atoms with Crippen molar-refractivity contribution in [3.63, 3.8) is 0 Å². The predicted octanol–water partition coefficient (Wildman–Crippen LogP) is 7.20. The molecular formula is C30H24F3NO3. The number of amides is 1. The van der Waals surface area contributed by atoms with Gasteiger partial charge in [0.2, 0.25) is 6.43 Å². The van der Waals surface area contributed by atoms with Crippen molar-refractivity contribution in [1.29, 1.82) is 0 Å². The number of carbonyl (C=O) groups excluding carboxylic acids is 2. The molecule has 3 aliphatic rings. The Hall–Kier alpha value is -3.87. The fourth-order valence-corrected chi connectivity index (χ4v) is 5.65. The summed E-state index contributed by atoms with van der Waals surface area (Å²) in [7, 11) is 0. The topological polar surface area (TPSA) is 59.3 Å². The van der Waals surface area contributed by atoms with Gasteiger partial charge in [-0.15, -0.1) is 0 Å². The summed E-state index contributed by atoms with van der Waals surface area (Å²) in [5, 5.41) is 3.68. The van der Waals surface area contributed by atoms with Gasteiger partial charge < -0.3 is 9.73 Å². The van der Waals surface area contributed by atoms with E-state index in [1.165, 1.54) is 24.3 Å². The molecule has 188 valence electrons. The Balaban J connectivity index is 1.43. The van der Waals surface area contributed by atoms with Crippen LogP contribution in [0.2, 0.25) is 0 Å². The van der Waals surface area contributed by atoms with Crippen LogP contribution >= 0.6 is 0 Å². The van der Waals surface area contributed by atoms with Crippen molar-refractivity contribution in [3.8, 4) is 22.5 Å². The van der Waals surface area contributed by atoms with E-state index in [0.29, 0.717) is 50.6 Å². The lowest BCUT2D eigenvalue weighted by molar-refractivity contribution is -0.0438. The molecule has 0 radical (unpaired) electrons. The first-order valence-electron chi connectivity index (χ1n) is 12.4. The van der Waals surface area contributed by atoms with Crippen molar-refractivity contribution in [3.05, 3.63) is 83.2 Å². The highest BCUT2D eigenvalue weighted by atomic mass is 19.3. The average molecular weight is 504 g/mol. The number of hydrogen-bond acceptors (Lipinski definition) is 3. The van der Waals surface area contributed by atoms with Crippen LogP contribution in [-0.2, 0) is 6.42 Å². The lowest BCUT2D eigenvalue weighted by Gasteiger charge is -2.61. The van der Waals surface area contributed by atoms with Gasteiger partial charge in [-0.2, -0.15) is 0 Å². The van der Waals surface area contributed by atoms with Crippen molar-refractivity contribution < 1.29 is 27.2 Å². The zero-order chi connectivity index (χ0) is 25.7. The van der Waals surface area contributed by atoms with Crippen LogP contribution in [0.5, 0.6) is 0 Å². The van der Waals surface area contributed by atoms with E-state index in [2.05, 4.69) is 5.32 Å². The molecule has 0 aliphatic heterocycles. The fourth-order valence-electron chi connectivity index (χ4n) is 5.65. The van der Waals surface area contributed by atoms with Gasteiger partial charge in [-0.05, 0) is 96.8 Å². The van der Waals surface area contributed by atoms with E-state index in [1.54, 1.807) is 30.3 Å². The number of aldehydes is 1. The molecule has 2 bridgehead atoms. The maximum absolute atomic E-state index is 13.4. The van der Waals surface area contributed by atoms with Crippen molar-refractivity contribution >= 4 is 23.2 Å². The van der Waals surface area contributed by atoms with Gasteiger partial charge in [0, 0.05) is 28.5 Å². The largest absolute Gasteiger partial charge is 0.455 e. The highest BCUT2D eigenvalue weighted by Gasteiger charge is 2.57. The number of halogens is 3. The number of alkyl halides is 2. The van der Waals surface area contributed by atoms with E-state index in [-0.39, 0.29) is 30.0 Å². The second kappa shape index (κ2) is 8.91. The highest BCUT2D eigenvalue weighted by molar-refractivity contribution is 6.04. The Morgan fingerprint density at radius 3 is 2.46 bits per heavy atom. The summed E-state index contributed by atoms with van der Waals surface area (Å²) in [6.07, 6.45) is 1.03. The molecule has 1 aromatic heterocycles. The van der Waals surface area contributed by atoms with E-state index < -0.39 is 12.2 Å². The first-order valence-corrected chi connectivity index (χ1v) is 12.4. The standard InChI is InChI=1S/C30H24F3NO3/c31-22-7-4-18(5-8-22)28-25(16-35)24-12-23(20(6-9-27(32)33)11-26(24)37-28)19-2-1-3-21(10-19)29(36)34-30-13-17(14-30)15-30/h1-5,7-8,10-12,16-17,27H,6,9,13-15H2,(H,34,36). The number of carbonyl (C=O) groups is 2. The van der Waals surface area contributed by atoms with Crippen molar-refractivity contribution in [2.75, 3.05) is 0 Å². The average Bonchev–Trinajstić information content (AvgIpc) is 3.21. The minimum Gasteiger partial charge on any atom is -0.455 e. The van der Waals surface area contributed by atoms with Gasteiger partial charge in [0.15, 0.2) is 6.29 Å². The molecule has 3 saturated carbocycles. The molecule has 4 aromatic rings. The maximum atomic E-state index is 13.4. The summed E-state index contributed by atoms with van der Waals surface area (Å²) in [6, 6.07) is 16.1. The molecule has 7 heteroatoms. The highest BCUT2D eigenvalue weighted by Crippen LogP contribution is 2.57. The van der Waals surface area contributed by atoms with E-state index in [4.69, 9.17) is 4.42 Å². The van der Waals surface area contributed by atoms with Crippen LogP contribution in [0.15, 0.2) is 65.1 Å². The van der Waals surface area contributed by atoms with Crippen LogP contribution in [0, 0.1) is 11.7 Å². The van der Waals surface area contributed by atoms with Crippen LogP contribution in [0.1, 0.15) is 52.0 Å². The molecule has 3 fully saturated rings. The second-order valence-corrected chi connectivity index (χ2v) is 10.2. The number of hydrogen-bond donors (Lipinski definition) is 1. The minimum atomic E-state index is -2.48. The third-order valence-corrected chi connectivity index (χ3v) is 7.66. The zero-order valence-corrected chi connectivity index (χ0v) is 19.9. The summed E-state index contributed by atoms with van der Waals surface area (Å²) in [5.41, 5.74) is 3.61. The Morgan fingerprint density at radius 2 is 1.81 bits per heavy atom. The van der Waals surface area contributed by atoms with E-state index in [1.807, 2.05) is 6.07 Å². The summed E-state index contributed by atoms with van der Waals surface area (Å²) < 4.78 is 45.8. The second-order valence-electron chi connectivity index (χ2n) is 10.2. The van der Waals surface area contributed by atoms with Gasteiger partial charge in [0.25, 0.3) is 5.91 Å². The van der Waals surface area contributed by atoms with E-state index in [9.17, 15) is 22.8 Å². The van der Waals surface area contributed by atoms with Crippen LogP contribution < -0.4 is 5.32 Å². The quantitative estimate of drug-likeness (QED) is 0.259.